The number of carbonyl (C=O) groups excluding carboxylic acids is 1. The van der Waals surface area contributed by atoms with Gasteiger partial charge in [-0.2, -0.15) is 0 Å². The predicted octanol–water partition coefficient (Wildman–Crippen LogP) is 1.62. The fourth-order valence-corrected chi connectivity index (χ4v) is 4.90. The topological polar surface area (TPSA) is 99.8 Å². The first-order chi connectivity index (χ1) is 13.5. The Hall–Kier alpha value is -2.78. The highest BCUT2D eigenvalue weighted by atomic mass is 32.2. The van der Waals surface area contributed by atoms with Crippen molar-refractivity contribution in [3.63, 3.8) is 0 Å². The van der Waals surface area contributed by atoms with Crippen molar-refractivity contribution in [1.82, 2.24) is 5.32 Å². The Bertz CT molecular complexity index is 1010. The number of para-hydroxylation sites is 1. The van der Waals surface area contributed by atoms with E-state index in [2.05, 4.69) is 20.3 Å². The van der Waals surface area contributed by atoms with E-state index in [4.69, 9.17) is 4.74 Å². The van der Waals surface area contributed by atoms with E-state index in [9.17, 15) is 13.2 Å². The maximum atomic E-state index is 12.8. The molecule has 2 aliphatic rings. The SMILES string of the molecule is COc1ccccc1S(=O)(=O)Nc1ccc2c(c1)NC(=O)CC1CNCCN21. The number of ether oxygens (including phenoxy) is 1. The van der Waals surface area contributed by atoms with E-state index in [-0.39, 0.29) is 22.6 Å². The van der Waals surface area contributed by atoms with Gasteiger partial charge in [-0.3, -0.25) is 9.52 Å². The van der Waals surface area contributed by atoms with Crippen LogP contribution in [0.3, 0.4) is 0 Å². The zero-order valence-corrected chi connectivity index (χ0v) is 16.3. The van der Waals surface area contributed by atoms with Crippen LogP contribution in [0.4, 0.5) is 17.1 Å². The molecule has 4 rings (SSSR count). The number of hydrogen-bond donors (Lipinski definition) is 3. The number of fused-ring (bicyclic) bond motifs is 3. The number of anilines is 3. The Morgan fingerprint density at radius 2 is 2.04 bits per heavy atom. The molecule has 0 saturated carbocycles. The first-order valence-electron chi connectivity index (χ1n) is 9.05. The minimum absolute atomic E-state index is 0.0543. The highest BCUT2D eigenvalue weighted by molar-refractivity contribution is 7.92. The quantitative estimate of drug-likeness (QED) is 0.719. The molecule has 8 nitrogen and oxygen atoms in total. The number of piperazine rings is 1. The van der Waals surface area contributed by atoms with Crippen LogP contribution in [0, 0.1) is 0 Å². The number of sulfonamides is 1. The molecule has 2 aromatic rings. The summed E-state index contributed by atoms with van der Waals surface area (Å²) in [6.45, 7) is 2.38. The molecule has 2 heterocycles. The fourth-order valence-electron chi connectivity index (χ4n) is 3.68. The highest BCUT2D eigenvalue weighted by Gasteiger charge is 2.30. The van der Waals surface area contributed by atoms with Crippen LogP contribution < -0.4 is 25.0 Å². The molecule has 2 aromatic carbocycles. The number of carbonyl (C=O) groups is 1. The van der Waals surface area contributed by atoms with Gasteiger partial charge >= 0.3 is 0 Å². The van der Waals surface area contributed by atoms with Crippen molar-refractivity contribution in [1.29, 1.82) is 0 Å². The van der Waals surface area contributed by atoms with Gasteiger partial charge in [0.15, 0.2) is 0 Å². The lowest BCUT2D eigenvalue weighted by atomic mass is 10.1. The average molecular weight is 402 g/mol. The molecule has 0 radical (unpaired) electrons. The Morgan fingerprint density at radius 1 is 1.21 bits per heavy atom. The standard InChI is InChI=1S/C19H22N4O4S/c1-27-17-4-2-3-5-18(17)28(25,26)22-13-6-7-16-15(10-13)21-19(24)11-14-12-20-8-9-23(14)16/h2-7,10,14,20,22H,8-9,11-12H2,1H3,(H,21,24). The third-order valence-corrected chi connectivity index (χ3v) is 6.38. The highest BCUT2D eigenvalue weighted by Crippen LogP contribution is 2.35. The second kappa shape index (κ2) is 7.33. The van der Waals surface area contributed by atoms with Gasteiger partial charge < -0.3 is 20.3 Å². The van der Waals surface area contributed by atoms with Crippen molar-refractivity contribution in [3.8, 4) is 5.75 Å². The van der Waals surface area contributed by atoms with E-state index in [1.807, 2.05) is 6.07 Å². The molecule has 28 heavy (non-hydrogen) atoms. The van der Waals surface area contributed by atoms with Gasteiger partial charge in [0.25, 0.3) is 10.0 Å². The largest absolute Gasteiger partial charge is 0.495 e. The first-order valence-corrected chi connectivity index (χ1v) is 10.5. The molecule has 0 aromatic heterocycles. The van der Waals surface area contributed by atoms with Gasteiger partial charge in [-0.1, -0.05) is 12.1 Å². The van der Waals surface area contributed by atoms with Crippen LogP contribution in [0.15, 0.2) is 47.4 Å². The summed E-state index contributed by atoms with van der Waals surface area (Å²) < 4.78 is 33.4. The number of nitrogens with one attached hydrogen (secondary N) is 3. The van der Waals surface area contributed by atoms with Gasteiger partial charge in [0, 0.05) is 26.1 Å². The normalized spacial score (nSPS) is 19.1. The molecule has 0 aliphatic carbocycles. The summed E-state index contributed by atoms with van der Waals surface area (Å²) in [6.07, 6.45) is 0.393. The van der Waals surface area contributed by atoms with Gasteiger partial charge in [0.1, 0.15) is 10.6 Å². The Kier molecular flexibility index (Phi) is 4.86. The van der Waals surface area contributed by atoms with Crippen molar-refractivity contribution in [2.75, 3.05) is 41.7 Å². The number of nitrogens with zero attached hydrogens (tertiary/aromatic N) is 1. The Balaban J connectivity index is 1.66. The molecule has 3 N–H and O–H groups in total. The van der Waals surface area contributed by atoms with E-state index >= 15 is 0 Å². The lowest BCUT2D eigenvalue weighted by Crippen LogP contribution is -2.51. The van der Waals surface area contributed by atoms with Gasteiger partial charge in [-0.05, 0) is 30.3 Å². The fraction of sp³-hybridized carbons (Fsp3) is 0.316. The molecule has 1 fully saturated rings. The van der Waals surface area contributed by atoms with E-state index < -0.39 is 10.0 Å². The van der Waals surface area contributed by atoms with Crippen LogP contribution in [-0.4, -0.2) is 47.1 Å². The third kappa shape index (κ3) is 3.50. The summed E-state index contributed by atoms with van der Waals surface area (Å²) in [5.74, 6) is 0.184. The lowest BCUT2D eigenvalue weighted by molar-refractivity contribution is -0.116. The van der Waals surface area contributed by atoms with Crippen molar-refractivity contribution < 1.29 is 17.9 Å². The molecule has 2 aliphatic heterocycles. The van der Waals surface area contributed by atoms with Gasteiger partial charge in [-0.25, -0.2) is 8.42 Å². The van der Waals surface area contributed by atoms with Crippen LogP contribution in [-0.2, 0) is 14.8 Å². The summed E-state index contributed by atoms with van der Waals surface area (Å²) in [5, 5.41) is 6.21. The molecular weight excluding hydrogens is 380 g/mol. The number of rotatable bonds is 4. The van der Waals surface area contributed by atoms with Gasteiger partial charge in [0.05, 0.1) is 30.2 Å². The summed E-state index contributed by atoms with van der Waals surface area (Å²) in [6, 6.07) is 11.7. The van der Waals surface area contributed by atoms with Gasteiger partial charge in [-0.15, -0.1) is 0 Å². The van der Waals surface area contributed by atoms with Crippen LogP contribution in [0.25, 0.3) is 0 Å². The number of amides is 1. The van der Waals surface area contributed by atoms with E-state index in [0.717, 1.165) is 25.3 Å². The van der Waals surface area contributed by atoms with Crippen molar-refractivity contribution in [2.24, 2.45) is 0 Å². The van der Waals surface area contributed by atoms with Crippen LogP contribution in [0.5, 0.6) is 5.75 Å². The number of methoxy groups -OCH3 is 1. The second-order valence-corrected chi connectivity index (χ2v) is 8.44. The van der Waals surface area contributed by atoms with Crippen LogP contribution in [0.2, 0.25) is 0 Å². The minimum Gasteiger partial charge on any atom is -0.495 e. The second-order valence-electron chi connectivity index (χ2n) is 6.79. The zero-order chi connectivity index (χ0) is 19.7. The minimum atomic E-state index is -3.84. The first kappa shape index (κ1) is 18.6. The number of hydrogen-bond acceptors (Lipinski definition) is 6. The Morgan fingerprint density at radius 3 is 2.86 bits per heavy atom. The summed E-state index contributed by atoms with van der Waals surface area (Å²) in [5.41, 5.74) is 1.88. The molecule has 0 bridgehead atoms. The van der Waals surface area contributed by atoms with E-state index in [1.165, 1.54) is 13.2 Å². The zero-order valence-electron chi connectivity index (χ0n) is 15.4. The van der Waals surface area contributed by atoms with Crippen molar-refractivity contribution in [2.45, 2.75) is 17.4 Å². The maximum Gasteiger partial charge on any atom is 0.265 e. The Labute approximate surface area is 163 Å². The molecule has 1 atom stereocenters. The number of benzene rings is 2. The molecular formula is C19H22N4O4S. The molecule has 9 heteroatoms. The molecule has 1 amide bonds. The summed E-state index contributed by atoms with van der Waals surface area (Å²) >= 11 is 0. The maximum absolute atomic E-state index is 12.8. The molecule has 0 spiro atoms. The van der Waals surface area contributed by atoms with Crippen molar-refractivity contribution >= 4 is 33.0 Å². The van der Waals surface area contributed by atoms with E-state index in [1.54, 1.807) is 30.3 Å². The monoisotopic (exact) mass is 402 g/mol. The summed E-state index contributed by atoms with van der Waals surface area (Å²) in [4.78, 5) is 14.5. The van der Waals surface area contributed by atoms with Crippen LogP contribution >= 0.6 is 0 Å². The van der Waals surface area contributed by atoms with Crippen LogP contribution in [0.1, 0.15) is 6.42 Å². The smallest absolute Gasteiger partial charge is 0.265 e. The average Bonchev–Trinajstić information content (AvgIpc) is 2.82. The predicted molar refractivity (Wildman–Crippen MR) is 107 cm³/mol. The van der Waals surface area contributed by atoms with E-state index in [0.29, 0.717) is 17.8 Å². The lowest BCUT2D eigenvalue weighted by Gasteiger charge is -2.36. The van der Waals surface area contributed by atoms with Crippen molar-refractivity contribution in [3.05, 3.63) is 42.5 Å². The van der Waals surface area contributed by atoms with Gasteiger partial charge in [0.2, 0.25) is 5.91 Å². The summed E-state index contributed by atoms with van der Waals surface area (Å²) in [7, 11) is -2.41. The third-order valence-electron chi connectivity index (χ3n) is 4.96. The molecule has 148 valence electrons. The molecule has 1 unspecified atom stereocenters. The molecule has 1 saturated heterocycles.